The Labute approximate surface area is 121 Å². The summed E-state index contributed by atoms with van der Waals surface area (Å²) in [6.07, 6.45) is 6.31. The Morgan fingerprint density at radius 2 is 1.86 bits per heavy atom. The van der Waals surface area contributed by atoms with Gasteiger partial charge in [-0.3, -0.25) is 4.79 Å². The van der Waals surface area contributed by atoms with Gasteiger partial charge >= 0.3 is 0 Å². The highest BCUT2D eigenvalue weighted by molar-refractivity contribution is 5.91. The van der Waals surface area contributed by atoms with Gasteiger partial charge in [0.2, 0.25) is 11.9 Å². The van der Waals surface area contributed by atoms with E-state index in [1.165, 1.54) is 18.2 Å². The fourth-order valence-electron chi connectivity index (χ4n) is 1.56. The molecule has 2 aromatic rings. The van der Waals surface area contributed by atoms with Crippen LogP contribution < -0.4 is 10.6 Å². The van der Waals surface area contributed by atoms with E-state index in [9.17, 15) is 9.18 Å². The summed E-state index contributed by atoms with van der Waals surface area (Å²) < 4.78 is 12.7. The summed E-state index contributed by atoms with van der Waals surface area (Å²) in [5, 5.41) is 5.69. The molecule has 1 aromatic carbocycles. The number of benzene rings is 1. The molecule has 21 heavy (non-hydrogen) atoms. The average Bonchev–Trinajstić information content (AvgIpc) is 2.52. The fourth-order valence-corrected chi connectivity index (χ4v) is 1.56. The Kier molecular flexibility index (Phi) is 5.40. The number of amides is 1. The Hall–Kier alpha value is -2.76. The molecule has 2 N–H and O–H groups in total. The second-order valence-corrected chi connectivity index (χ2v) is 4.18. The number of carbonyl (C=O) groups excluding carboxylic acids is 1. The van der Waals surface area contributed by atoms with Crippen LogP contribution >= 0.6 is 0 Å². The van der Waals surface area contributed by atoms with Crippen molar-refractivity contribution in [1.29, 1.82) is 0 Å². The van der Waals surface area contributed by atoms with E-state index in [1.54, 1.807) is 36.7 Å². The van der Waals surface area contributed by atoms with Crippen LogP contribution in [0.25, 0.3) is 6.08 Å². The van der Waals surface area contributed by atoms with Gasteiger partial charge in [-0.15, -0.1) is 0 Å². The van der Waals surface area contributed by atoms with Gasteiger partial charge in [0.25, 0.3) is 0 Å². The number of halogens is 1. The molecule has 0 bridgehead atoms. The molecule has 0 unspecified atom stereocenters. The summed E-state index contributed by atoms with van der Waals surface area (Å²) in [5.41, 5.74) is 0.766. The predicted molar refractivity (Wildman–Crippen MR) is 79.0 cm³/mol. The molecule has 0 aliphatic carbocycles. The summed E-state index contributed by atoms with van der Waals surface area (Å²) in [6, 6.07) is 7.64. The van der Waals surface area contributed by atoms with E-state index in [0.29, 0.717) is 19.0 Å². The molecule has 1 heterocycles. The molecular formula is C15H15FN4O. The van der Waals surface area contributed by atoms with Gasteiger partial charge in [0, 0.05) is 31.6 Å². The molecular weight excluding hydrogens is 271 g/mol. The summed E-state index contributed by atoms with van der Waals surface area (Å²) in [5.74, 6) is 0.00881. The third-order valence-corrected chi connectivity index (χ3v) is 2.57. The van der Waals surface area contributed by atoms with Gasteiger partial charge in [0.05, 0.1) is 0 Å². The van der Waals surface area contributed by atoms with Crippen LogP contribution in [0.4, 0.5) is 10.3 Å². The van der Waals surface area contributed by atoms with E-state index in [2.05, 4.69) is 20.6 Å². The van der Waals surface area contributed by atoms with Gasteiger partial charge in [-0.05, 0) is 29.8 Å². The molecule has 108 valence electrons. The summed E-state index contributed by atoms with van der Waals surface area (Å²) in [6.45, 7) is 0.977. The molecule has 0 radical (unpaired) electrons. The normalized spacial score (nSPS) is 10.5. The zero-order chi connectivity index (χ0) is 14.9. The van der Waals surface area contributed by atoms with Gasteiger partial charge in [-0.2, -0.15) is 0 Å². The second-order valence-electron chi connectivity index (χ2n) is 4.18. The highest BCUT2D eigenvalue weighted by atomic mass is 19.1. The minimum Gasteiger partial charge on any atom is -0.352 e. The van der Waals surface area contributed by atoms with Gasteiger partial charge < -0.3 is 10.6 Å². The predicted octanol–water partition coefficient (Wildman–Crippen LogP) is 1.86. The van der Waals surface area contributed by atoms with Crippen molar-refractivity contribution >= 4 is 17.9 Å². The monoisotopic (exact) mass is 286 g/mol. The SMILES string of the molecule is O=C(/C=C\c1ccc(F)cc1)NCCNc1ncccn1. The largest absolute Gasteiger partial charge is 0.352 e. The maximum Gasteiger partial charge on any atom is 0.244 e. The zero-order valence-electron chi connectivity index (χ0n) is 11.3. The van der Waals surface area contributed by atoms with Crippen LogP contribution in [0.3, 0.4) is 0 Å². The molecule has 0 fully saturated rings. The summed E-state index contributed by atoms with van der Waals surface area (Å²) in [7, 11) is 0. The quantitative estimate of drug-likeness (QED) is 0.628. The number of aromatic nitrogens is 2. The number of carbonyl (C=O) groups is 1. The van der Waals surface area contributed by atoms with Crippen LogP contribution in [-0.4, -0.2) is 29.0 Å². The number of nitrogens with zero attached hydrogens (tertiary/aromatic N) is 2. The van der Waals surface area contributed by atoms with Crippen molar-refractivity contribution < 1.29 is 9.18 Å². The van der Waals surface area contributed by atoms with E-state index >= 15 is 0 Å². The molecule has 1 amide bonds. The minimum absolute atomic E-state index is 0.213. The van der Waals surface area contributed by atoms with Crippen molar-refractivity contribution in [1.82, 2.24) is 15.3 Å². The van der Waals surface area contributed by atoms with Crippen LogP contribution in [0.15, 0.2) is 48.8 Å². The average molecular weight is 286 g/mol. The van der Waals surface area contributed by atoms with Gasteiger partial charge in [-0.25, -0.2) is 14.4 Å². The van der Waals surface area contributed by atoms with E-state index in [-0.39, 0.29) is 11.7 Å². The Bertz CT molecular complexity index is 599. The van der Waals surface area contributed by atoms with Gasteiger partial charge in [0.1, 0.15) is 5.82 Å². The molecule has 6 heteroatoms. The van der Waals surface area contributed by atoms with Crippen molar-refractivity contribution in [2.75, 3.05) is 18.4 Å². The van der Waals surface area contributed by atoms with Crippen LogP contribution in [0, 0.1) is 5.82 Å². The van der Waals surface area contributed by atoms with Gasteiger partial charge in [0.15, 0.2) is 0 Å². The summed E-state index contributed by atoms with van der Waals surface area (Å²) in [4.78, 5) is 19.6. The highest BCUT2D eigenvalue weighted by Crippen LogP contribution is 2.04. The minimum atomic E-state index is -0.300. The van der Waals surface area contributed by atoms with E-state index < -0.39 is 0 Å². The van der Waals surface area contributed by atoms with Crippen molar-refractivity contribution in [2.45, 2.75) is 0 Å². The number of anilines is 1. The lowest BCUT2D eigenvalue weighted by Gasteiger charge is -2.04. The first-order valence-electron chi connectivity index (χ1n) is 6.46. The van der Waals surface area contributed by atoms with Crippen LogP contribution in [0.5, 0.6) is 0 Å². The Morgan fingerprint density at radius 3 is 2.57 bits per heavy atom. The molecule has 2 rings (SSSR count). The lowest BCUT2D eigenvalue weighted by molar-refractivity contribution is -0.116. The van der Waals surface area contributed by atoms with Gasteiger partial charge in [-0.1, -0.05) is 12.1 Å². The first kappa shape index (κ1) is 14.6. The molecule has 0 spiro atoms. The second kappa shape index (κ2) is 7.74. The molecule has 0 saturated carbocycles. The first-order valence-corrected chi connectivity index (χ1v) is 6.46. The third-order valence-electron chi connectivity index (χ3n) is 2.57. The number of hydrogen-bond donors (Lipinski definition) is 2. The van der Waals surface area contributed by atoms with E-state index in [0.717, 1.165) is 5.56 Å². The van der Waals surface area contributed by atoms with Crippen molar-refractivity contribution in [3.05, 3.63) is 60.2 Å². The maximum atomic E-state index is 12.7. The molecule has 5 nitrogen and oxygen atoms in total. The zero-order valence-corrected chi connectivity index (χ0v) is 11.3. The molecule has 0 atom stereocenters. The highest BCUT2D eigenvalue weighted by Gasteiger charge is 1.96. The van der Waals surface area contributed by atoms with Crippen molar-refractivity contribution in [3.63, 3.8) is 0 Å². The van der Waals surface area contributed by atoms with Crippen LogP contribution in [0.1, 0.15) is 5.56 Å². The smallest absolute Gasteiger partial charge is 0.244 e. The van der Waals surface area contributed by atoms with E-state index in [4.69, 9.17) is 0 Å². The van der Waals surface area contributed by atoms with Crippen molar-refractivity contribution in [2.24, 2.45) is 0 Å². The molecule has 1 aromatic heterocycles. The molecule has 0 aliphatic rings. The topological polar surface area (TPSA) is 66.9 Å². The van der Waals surface area contributed by atoms with Crippen LogP contribution in [-0.2, 0) is 4.79 Å². The molecule has 0 aliphatic heterocycles. The fraction of sp³-hybridized carbons (Fsp3) is 0.133. The maximum absolute atomic E-state index is 12.7. The number of rotatable bonds is 6. The standard InChI is InChI=1S/C15H15FN4O/c16-13-5-2-12(3-6-13)4-7-14(21)17-10-11-20-15-18-8-1-9-19-15/h1-9H,10-11H2,(H,17,21)(H,18,19,20)/b7-4-. The number of nitrogens with one attached hydrogen (secondary N) is 2. The number of hydrogen-bond acceptors (Lipinski definition) is 4. The first-order chi connectivity index (χ1) is 10.2. The lowest BCUT2D eigenvalue weighted by Crippen LogP contribution is -2.27. The van der Waals surface area contributed by atoms with E-state index in [1.807, 2.05) is 0 Å². The Morgan fingerprint density at radius 1 is 1.14 bits per heavy atom. The lowest BCUT2D eigenvalue weighted by atomic mass is 10.2. The van der Waals surface area contributed by atoms with Crippen LogP contribution in [0.2, 0.25) is 0 Å². The Balaban J connectivity index is 1.69. The molecule has 0 saturated heterocycles. The van der Waals surface area contributed by atoms with Crippen molar-refractivity contribution in [3.8, 4) is 0 Å². The summed E-state index contributed by atoms with van der Waals surface area (Å²) >= 11 is 0. The third kappa shape index (κ3) is 5.40.